The van der Waals surface area contributed by atoms with Crippen molar-refractivity contribution in [2.45, 2.75) is 26.3 Å². The molecule has 20 heavy (non-hydrogen) atoms. The van der Waals surface area contributed by atoms with E-state index in [4.69, 9.17) is 10.8 Å². The summed E-state index contributed by atoms with van der Waals surface area (Å²) in [4.78, 5) is 17.1. The Morgan fingerprint density at radius 2 is 2.10 bits per heavy atom. The number of carboxylic acid groups (broad SMARTS) is 1. The van der Waals surface area contributed by atoms with Crippen LogP contribution >= 0.6 is 0 Å². The molecule has 1 atom stereocenters. The van der Waals surface area contributed by atoms with Gasteiger partial charge in [0.25, 0.3) is 0 Å². The van der Waals surface area contributed by atoms with Crippen LogP contribution in [0.2, 0.25) is 0 Å². The van der Waals surface area contributed by atoms with E-state index < -0.39 is 5.97 Å². The predicted molar refractivity (Wildman–Crippen MR) is 81.0 cm³/mol. The number of aromatic nitrogens is 1. The molecule has 4 N–H and O–H groups in total. The topological polar surface area (TPSA) is 91.5 Å². The number of nitrogens with one attached hydrogen (secondary N) is 1. The Hall–Kier alpha value is -1.82. The highest BCUT2D eigenvalue weighted by molar-refractivity contribution is 5.86. The van der Waals surface area contributed by atoms with Gasteiger partial charge in [-0.15, -0.1) is 0 Å². The van der Waals surface area contributed by atoms with Gasteiger partial charge >= 0.3 is 5.97 Å². The van der Waals surface area contributed by atoms with Gasteiger partial charge < -0.3 is 21.1 Å². The molecular weight excluding hydrogens is 256 g/mol. The van der Waals surface area contributed by atoms with Gasteiger partial charge in [-0.2, -0.15) is 0 Å². The van der Waals surface area contributed by atoms with E-state index in [9.17, 15) is 4.79 Å². The molecule has 112 valence electrons. The monoisotopic (exact) mass is 280 g/mol. The fourth-order valence-electron chi connectivity index (χ4n) is 2.09. The van der Waals surface area contributed by atoms with Crippen molar-refractivity contribution in [1.82, 2.24) is 9.88 Å². The van der Waals surface area contributed by atoms with Crippen molar-refractivity contribution in [3.05, 3.63) is 17.8 Å². The molecule has 1 aromatic rings. The molecule has 0 aliphatic heterocycles. The van der Waals surface area contributed by atoms with Gasteiger partial charge in [-0.1, -0.05) is 13.8 Å². The minimum absolute atomic E-state index is 0.00477. The van der Waals surface area contributed by atoms with E-state index in [0.29, 0.717) is 17.4 Å². The van der Waals surface area contributed by atoms with Gasteiger partial charge in [0.1, 0.15) is 5.82 Å². The lowest BCUT2D eigenvalue weighted by atomic mass is 10.0. The fraction of sp³-hybridized carbons (Fsp3) is 0.571. The number of hydrogen-bond donors (Lipinski definition) is 3. The lowest BCUT2D eigenvalue weighted by Gasteiger charge is -2.25. The second-order valence-corrected chi connectivity index (χ2v) is 5.67. The summed E-state index contributed by atoms with van der Waals surface area (Å²) in [5, 5.41) is 12.2. The minimum Gasteiger partial charge on any atom is -0.477 e. The Balaban J connectivity index is 2.91. The summed E-state index contributed by atoms with van der Waals surface area (Å²) >= 11 is 0. The lowest BCUT2D eigenvalue weighted by Crippen LogP contribution is -2.34. The molecule has 0 aromatic carbocycles. The zero-order valence-electron chi connectivity index (χ0n) is 12.6. The summed E-state index contributed by atoms with van der Waals surface area (Å²) in [5.41, 5.74) is 6.32. The Labute approximate surface area is 120 Å². The number of likely N-dealkylation sites (N-methyl/N-ethyl adjacent to an activating group) is 1. The lowest BCUT2D eigenvalue weighted by molar-refractivity contribution is 0.0690. The van der Waals surface area contributed by atoms with E-state index in [-0.39, 0.29) is 11.7 Å². The van der Waals surface area contributed by atoms with Gasteiger partial charge in [-0.25, -0.2) is 9.78 Å². The van der Waals surface area contributed by atoms with Crippen molar-refractivity contribution in [2.75, 3.05) is 31.7 Å². The van der Waals surface area contributed by atoms with Crippen molar-refractivity contribution in [3.63, 3.8) is 0 Å². The van der Waals surface area contributed by atoms with Gasteiger partial charge in [0.05, 0.1) is 5.69 Å². The van der Waals surface area contributed by atoms with Gasteiger partial charge in [0, 0.05) is 12.6 Å². The number of aromatic carboxylic acids is 1. The van der Waals surface area contributed by atoms with E-state index >= 15 is 0 Å². The predicted octanol–water partition coefficient (Wildman–Crippen LogP) is 1.75. The first-order chi connectivity index (χ1) is 9.29. The first-order valence-corrected chi connectivity index (χ1v) is 6.70. The molecule has 1 unspecified atom stereocenters. The number of hydrogen-bond acceptors (Lipinski definition) is 5. The van der Waals surface area contributed by atoms with Crippen molar-refractivity contribution in [3.8, 4) is 0 Å². The first-order valence-electron chi connectivity index (χ1n) is 6.70. The zero-order chi connectivity index (χ0) is 15.3. The van der Waals surface area contributed by atoms with Crippen LogP contribution in [0.1, 0.15) is 30.8 Å². The smallest absolute Gasteiger partial charge is 0.354 e. The quantitative estimate of drug-likeness (QED) is 0.705. The van der Waals surface area contributed by atoms with Crippen molar-refractivity contribution in [2.24, 2.45) is 5.92 Å². The summed E-state index contributed by atoms with van der Waals surface area (Å²) in [7, 11) is 4.00. The van der Waals surface area contributed by atoms with Crippen molar-refractivity contribution < 1.29 is 9.90 Å². The summed E-state index contributed by atoms with van der Waals surface area (Å²) in [6.45, 7) is 5.13. The molecule has 1 rings (SSSR count). The third-order valence-electron chi connectivity index (χ3n) is 2.83. The zero-order valence-corrected chi connectivity index (χ0v) is 12.6. The maximum atomic E-state index is 11.0. The number of anilines is 2. The Kier molecular flexibility index (Phi) is 5.76. The molecule has 0 amide bonds. The Morgan fingerprint density at radius 1 is 1.45 bits per heavy atom. The molecule has 0 radical (unpaired) electrons. The molecule has 1 heterocycles. The summed E-state index contributed by atoms with van der Waals surface area (Å²) < 4.78 is 0. The fourth-order valence-corrected chi connectivity index (χ4v) is 2.09. The van der Waals surface area contributed by atoms with Crippen LogP contribution in [0.15, 0.2) is 12.1 Å². The summed E-state index contributed by atoms with van der Waals surface area (Å²) in [6, 6.07) is 3.15. The average Bonchev–Trinajstić information content (AvgIpc) is 2.29. The van der Waals surface area contributed by atoms with Crippen molar-refractivity contribution >= 4 is 17.5 Å². The van der Waals surface area contributed by atoms with Crippen LogP contribution < -0.4 is 11.1 Å². The Bertz CT molecular complexity index is 450. The molecule has 0 bridgehead atoms. The number of carbonyl (C=O) groups is 1. The third kappa shape index (κ3) is 5.05. The van der Waals surface area contributed by atoms with Crippen LogP contribution in [0.25, 0.3) is 0 Å². The molecule has 1 aromatic heterocycles. The molecular formula is C14H24N4O2. The average molecular weight is 280 g/mol. The second-order valence-electron chi connectivity index (χ2n) is 5.67. The van der Waals surface area contributed by atoms with E-state index in [1.54, 1.807) is 6.07 Å². The van der Waals surface area contributed by atoms with Crippen molar-refractivity contribution in [1.29, 1.82) is 0 Å². The summed E-state index contributed by atoms with van der Waals surface area (Å²) in [6.07, 6.45) is 0.955. The number of pyridine rings is 1. The minimum atomic E-state index is -1.05. The molecule has 6 heteroatoms. The highest BCUT2D eigenvalue weighted by Crippen LogP contribution is 2.19. The largest absolute Gasteiger partial charge is 0.477 e. The number of nitrogens with zero attached hydrogens (tertiary/aromatic N) is 2. The third-order valence-corrected chi connectivity index (χ3v) is 2.83. The molecule has 0 aliphatic rings. The van der Waals surface area contributed by atoms with E-state index in [2.05, 4.69) is 29.0 Å². The van der Waals surface area contributed by atoms with Crippen LogP contribution in [0.4, 0.5) is 11.5 Å². The van der Waals surface area contributed by atoms with Gasteiger partial charge in [0.2, 0.25) is 0 Å². The van der Waals surface area contributed by atoms with E-state index in [1.807, 2.05) is 14.1 Å². The molecule has 0 spiro atoms. The van der Waals surface area contributed by atoms with Crippen LogP contribution in [0.5, 0.6) is 0 Å². The van der Waals surface area contributed by atoms with E-state index in [1.165, 1.54) is 6.07 Å². The first kappa shape index (κ1) is 16.2. The van der Waals surface area contributed by atoms with Gasteiger partial charge in [-0.05, 0) is 38.6 Å². The molecule has 0 aliphatic carbocycles. The van der Waals surface area contributed by atoms with Crippen LogP contribution in [-0.4, -0.2) is 47.6 Å². The van der Waals surface area contributed by atoms with Crippen LogP contribution in [0.3, 0.4) is 0 Å². The molecule has 0 fully saturated rings. The molecule has 0 saturated carbocycles. The highest BCUT2D eigenvalue weighted by Gasteiger charge is 2.15. The summed E-state index contributed by atoms with van der Waals surface area (Å²) in [5.74, 6) is -0.0881. The number of carboxylic acids is 1. The normalized spacial score (nSPS) is 12.7. The van der Waals surface area contributed by atoms with E-state index in [0.717, 1.165) is 13.0 Å². The van der Waals surface area contributed by atoms with Crippen LogP contribution in [-0.2, 0) is 0 Å². The second kappa shape index (κ2) is 7.09. The SMILES string of the molecule is CC(C)CC(CN(C)C)Nc1nc(C(=O)O)ccc1N. The standard InChI is InChI=1S/C14H24N4O2/c1-9(2)7-10(8-18(3)4)16-13-11(15)5-6-12(17-13)14(19)20/h5-6,9-10H,7-8,15H2,1-4H3,(H,16,17)(H,19,20). The number of nitrogen functional groups attached to an aromatic ring is 1. The highest BCUT2D eigenvalue weighted by atomic mass is 16.4. The number of nitrogens with two attached hydrogens (primary N) is 1. The Morgan fingerprint density at radius 3 is 2.60 bits per heavy atom. The maximum Gasteiger partial charge on any atom is 0.354 e. The van der Waals surface area contributed by atoms with Crippen LogP contribution in [0, 0.1) is 5.92 Å². The molecule has 6 nitrogen and oxygen atoms in total. The maximum absolute atomic E-state index is 11.0. The molecule has 0 saturated heterocycles. The van der Waals surface area contributed by atoms with Gasteiger partial charge in [0.15, 0.2) is 5.69 Å². The number of rotatable bonds is 7. The van der Waals surface area contributed by atoms with Gasteiger partial charge in [-0.3, -0.25) is 0 Å².